The minimum atomic E-state index is -0.603. The summed E-state index contributed by atoms with van der Waals surface area (Å²) in [6.45, 7) is 3.64. The van der Waals surface area contributed by atoms with Crippen LogP contribution in [0.1, 0.15) is 49.4 Å². The Hall–Kier alpha value is -3.47. The molecule has 2 aromatic rings. The van der Waals surface area contributed by atoms with Gasteiger partial charge in [-0.15, -0.1) is 0 Å². The zero-order valence-corrected chi connectivity index (χ0v) is 18.4. The molecule has 11 heteroatoms. The Morgan fingerprint density at radius 1 is 1.06 bits per heavy atom. The highest BCUT2D eigenvalue weighted by molar-refractivity contribution is 7.17. The summed E-state index contributed by atoms with van der Waals surface area (Å²) in [5.74, 6) is -1.64. The lowest BCUT2D eigenvalue weighted by molar-refractivity contribution is -0.116. The van der Waals surface area contributed by atoms with Crippen molar-refractivity contribution in [3.8, 4) is 5.75 Å². The predicted octanol–water partition coefficient (Wildman–Crippen LogP) is 2.18. The summed E-state index contributed by atoms with van der Waals surface area (Å²) in [6, 6.07) is 4.30. The first-order valence-electron chi connectivity index (χ1n) is 9.29. The molecule has 0 spiro atoms. The topological polar surface area (TPSA) is 133 Å². The van der Waals surface area contributed by atoms with Gasteiger partial charge >= 0.3 is 11.9 Å². The third kappa shape index (κ3) is 6.51. The van der Waals surface area contributed by atoms with E-state index in [4.69, 9.17) is 9.47 Å². The summed E-state index contributed by atoms with van der Waals surface area (Å²) in [5.41, 5.74) is 0.822. The van der Waals surface area contributed by atoms with E-state index in [0.717, 1.165) is 11.3 Å². The maximum atomic E-state index is 12.4. The number of nitrogens with zero attached hydrogens (tertiary/aromatic N) is 1. The van der Waals surface area contributed by atoms with E-state index in [0.29, 0.717) is 16.3 Å². The van der Waals surface area contributed by atoms with E-state index in [1.54, 1.807) is 13.8 Å². The molecule has 0 unspecified atom stereocenters. The Kier molecular flexibility index (Phi) is 8.50. The number of hydrogen-bond acceptors (Lipinski definition) is 9. The molecular weight excluding hydrogens is 426 g/mol. The number of nitrogens with one attached hydrogen (secondary N) is 2. The molecule has 166 valence electrons. The molecule has 1 aromatic carbocycles. The number of methoxy groups -OCH3 is 2. The Bertz CT molecular complexity index is 987. The minimum Gasteiger partial charge on any atom is -0.497 e. The van der Waals surface area contributed by atoms with Crippen molar-refractivity contribution < 1.29 is 33.4 Å². The van der Waals surface area contributed by atoms with Gasteiger partial charge in [0.05, 0.1) is 32.1 Å². The van der Waals surface area contributed by atoms with Crippen LogP contribution in [0, 0.1) is 6.92 Å². The Labute approximate surface area is 182 Å². The molecule has 1 aromatic heterocycles. The number of aromatic nitrogens is 1. The lowest BCUT2D eigenvalue weighted by Gasteiger charge is -2.09. The standard InChI is InChI=1S/C20H23N3O7S/c1-5-30-19(27)16-11(2)22-20(31-16)23-15(24)6-7-21-17(25)12-8-13(18(26)29-4)10-14(9-12)28-3/h8-10H,5-7H2,1-4H3,(H,21,25)(H,22,23,24). The number of carbonyl (C=O) groups excluding carboxylic acids is 4. The molecule has 0 saturated heterocycles. The van der Waals surface area contributed by atoms with E-state index in [1.165, 1.54) is 32.4 Å². The quantitative estimate of drug-likeness (QED) is 0.557. The van der Waals surface area contributed by atoms with Crippen molar-refractivity contribution >= 4 is 40.2 Å². The van der Waals surface area contributed by atoms with Gasteiger partial charge in [0, 0.05) is 18.5 Å². The number of ether oxygens (including phenoxy) is 3. The second kappa shape index (κ2) is 11.1. The van der Waals surface area contributed by atoms with Crippen LogP contribution in [-0.4, -0.2) is 56.1 Å². The van der Waals surface area contributed by atoms with Crippen molar-refractivity contribution in [1.29, 1.82) is 0 Å². The molecular formula is C20H23N3O7S. The molecule has 2 N–H and O–H groups in total. The molecule has 0 aliphatic carbocycles. The van der Waals surface area contributed by atoms with E-state index in [1.807, 2.05) is 0 Å². The van der Waals surface area contributed by atoms with Gasteiger partial charge in [-0.2, -0.15) is 0 Å². The number of carbonyl (C=O) groups is 4. The minimum absolute atomic E-state index is 0.0209. The van der Waals surface area contributed by atoms with Crippen LogP contribution in [-0.2, 0) is 14.3 Å². The van der Waals surface area contributed by atoms with E-state index in [2.05, 4.69) is 20.4 Å². The van der Waals surface area contributed by atoms with Crippen LogP contribution < -0.4 is 15.4 Å². The SMILES string of the molecule is CCOC(=O)c1sc(NC(=O)CCNC(=O)c2cc(OC)cc(C(=O)OC)c2)nc1C. The number of amides is 2. The number of anilines is 1. The molecule has 31 heavy (non-hydrogen) atoms. The number of aryl methyl sites for hydroxylation is 1. The lowest BCUT2D eigenvalue weighted by Crippen LogP contribution is -2.28. The Morgan fingerprint density at radius 2 is 1.77 bits per heavy atom. The van der Waals surface area contributed by atoms with Crippen LogP contribution in [0.5, 0.6) is 5.75 Å². The van der Waals surface area contributed by atoms with Crippen molar-refractivity contribution in [3.05, 3.63) is 39.9 Å². The van der Waals surface area contributed by atoms with E-state index >= 15 is 0 Å². The predicted molar refractivity (Wildman–Crippen MR) is 113 cm³/mol. The van der Waals surface area contributed by atoms with Crippen LogP contribution >= 0.6 is 11.3 Å². The highest BCUT2D eigenvalue weighted by Gasteiger charge is 2.18. The van der Waals surface area contributed by atoms with Crippen molar-refractivity contribution in [1.82, 2.24) is 10.3 Å². The van der Waals surface area contributed by atoms with E-state index in [9.17, 15) is 19.2 Å². The summed E-state index contributed by atoms with van der Waals surface area (Å²) in [7, 11) is 2.65. The zero-order valence-electron chi connectivity index (χ0n) is 17.6. The molecule has 0 saturated carbocycles. The first kappa shape index (κ1) is 23.8. The molecule has 0 aliphatic heterocycles. The first-order valence-corrected chi connectivity index (χ1v) is 10.1. The second-order valence-electron chi connectivity index (χ2n) is 6.15. The molecule has 2 rings (SSSR count). The zero-order chi connectivity index (χ0) is 23.0. The summed E-state index contributed by atoms with van der Waals surface area (Å²) in [4.78, 5) is 52.6. The molecule has 1 heterocycles. The van der Waals surface area contributed by atoms with Gasteiger partial charge < -0.3 is 24.8 Å². The first-order chi connectivity index (χ1) is 14.8. The summed E-state index contributed by atoms with van der Waals surface area (Å²) < 4.78 is 14.7. The fourth-order valence-corrected chi connectivity index (χ4v) is 3.37. The summed E-state index contributed by atoms with van der Waals surface area (Å²) in [6.07, 6.45) is -0.0209. The maximum Gasteiger partial charge on any atom is 0.350 e. The molecule has 10 nitrogen and oxygen atoms in total. The number of thiazole rings is 1. The van der Waals surface area contributed by atoms with E-state index in [-0.39, 0.29) is 41.7 Å². The lowest BCUT2D eigenvalue weighted by atomic mass is 10.1. The largest absolute Gasteiger partial charge is 0.497 e. The van der Waals surface area contributed by atoms with Crippen molar-refractivity contribution in [3.63, 3.8) is 0 Å². The molecule has 0 aliphatic rings. The van der Waals surface area contributed by atoms with Gasteiger partial charge in [-0.1, -0.05) is 11.3 Å². The summed E-state index contributed by atoms with van der Waals surface area (Å²) >= 11 is 1.02. The summed E-state index contributed by atoms with van der Waals surface area (Å²) in [5, 5.41) is 5.47. The van der Waals surface area contributed by atoms with Gasteiger partial charge in [-0.25, -0.2) is 14.6 Å². The van der Waals surface area contributed by atoms with Crippen LogP contribution in [0.3, 0.4) is 0 Å². The average Bonchev–Trinajstić information content (AvgIpc) is 3.12. The second-order valence-corrected chi connectivity index (χ2v) is 7.15. The number of benzene rings is 1. The van der Waals surface area contributed by atoms with Crippen LogP contribution in [0.4, 0.5) is 5.13 Å². The van der Waals surface area contributed by atoms with Crippen molar-refractivity contribution in [2.24, 2.45) is 0 Å². The van der Waals surface area contributed by atoms with Crippen molar-refractivity contribution in [2.75, 3.05) is 32.7 Å². The molecule has 0 fully saturated rings. The van der Waals surface area contributed by atoms with Gasteiger partial charge in [0.15, 0.2) is 5.13 Å². The molecule has 0 atom stereocenters. The van der Waals surface area contributed by atoms with Gasteiger partial charge in [0.1, 0.15) is 10.6 Å². The molecule has 0 bridgehead atoms. The van der Waals surface area contributed by atoms with Crippen molar-refractivity contribution in [2.45, 2.75) is 20.3 Å². The highest BCUT2D eigenvalue weighted by Crippen LogP contribution is 2.23. The van der Waals surface area contributed by atoms with Crippen LogP contribution in [0.2, 0.25) is 0 Å². The van der Waals surface area contributed by atoms with Crippen LogP contribution in [0.15, 0.2) is 18.2 Å². The van der Waals surface area contributed by atoms with Gasteiger partial charge in [0.25, 0.3) is 5.91 Å². The Morgan fingerprint density at radius 3 is 2.42 bits per heavy atom. The number of rotatable bonds is 9. The van der Waals surface area contributed by atoms with Crippen LogP contribution in [0.25, 0.3) is 0 Å². The van der Waals surface area contributed by atoms with Gasteiger partial charge in [-0.3, -0.25) is 9.59 Å². The third-order valence-electron chi connectivity index (χ3n) is 3.97. The number of esters is 2. The maximum absolute atomic E-state index is 12.4. The Balaban J connectivity index is 1.93. The van der Waals surface area contributed by atoms with Gasteiger partial charge in [-0.05, 0) is 32.0 Å². The third-order valence-corrected chi connectivity index (χ3v) is 5.02. The van der Waals surface area contributed by atoms with E-state index < -0.39 is 17.8 Å². The fourth-order valence-electron chi connectivity index (χ4n) is 2.49. The smallest absolute Gasteiger partial charge is 0.350 e. The fraction of sp³-hybridized carbons (Fsp3) is 0.350. The van der Waals surface area contributed by atoms with Gasteiger partial charge in [0.2, 0.25) is 5.91 Å². The molecule has 2 amide bonds. The normalized spacial score (nSPS) is 10.2. The average molecular weight is 449 g/mol. The monoisotopic (exact) mass is 449 g/mol. The highest BCUT2D eigenvalue weighted by atomic mass is 32.1. The number of hydrogen-bond donors (Lipinski definition) is 2. The molecule has 0 radical (unpaired) electrons.